The molecule has 0 unspecified atom stereocenters. The summed E-state index contributed by atoms with van der Waals surface area (Å²) in [6.45, 7) is 8.22. The Labute approximate surface area is 198 Å². The zero-order chi connectivity index (χ0) is 25.0. The fourth-order valence-corrected chi connectivity index (χ4v) is 4.35. The summed E-state index contributed by atoms with van der Waals surface area (Å²) in [6.07, 6.45) is -2.75. The third-order valence-corrected chi connectivity index (χ3v) is 6.58. The summed E-state index contributed by atoms with van der Waals surface area (Å²) >= 11 is 0. The normalized spacial score (nSPS) is 16.1. The maximum atomic E-state index is 13.6. The predicted octanol–water partition coefficient (Wildman–Crippen LogP) is 0.188. The van der Waals surface area contributed by atoms with E-state index < -0.39 is 16.3 Å². The molecule has 194 valence electrons. The van der Waals surface area contributed by atoms with Crippen LogP contribution in [-0.2, 0) is 41.9 Å². The van der Waals surface area contributed by atoms with Gasteiger partial charge in [-0.2, -0.15) is 0 Å². The monoisotopic (exact) mass is 509 g/mol. The number of hydrogen-bond donors (Lipinski definition) is 1. The molecule has 0 atom stereocenters. The molecule has 1 aliphatic rings. The SMILES string of the molecule is C=C(C)C(=O)NCCOCCOCCOCCn1nnc(CN2CCS(=O)(=O)CC2)c1C(F)F. The summed E-state index contributed by atoms with van der Waals surface area (Å²) in [5.41, 5.74) is 0.316. The lowest BCUT2D eigenvalue weighted by atomic mass is 10.3. The smallest absolute Gasteiger partial charge is 0.281 e. The van der Waals surface area contributed by atoms with Crippen LogP contribution in [0, 0.1) is 0 Å². The number of sulfone groups is 1. The molecule has 1 aliphatic heterocycles. The molecule has 11 nitrogen and oxygen atoms in total. The third kappa shape index (κ3) is 10.1. The topological polar surface area (TPSA) is 125 Å². The van der Waals surface area contributed by atoms with Gasteiger partial charge in [0, 0.05) is 31.8 Å². The van der Waals surface area contributed by atoms with Crippen LogP contribution >= 0.6 is 0 Å². The fraction of sp³-hybridized carbons (Fsp3) is 0.750. The molecule has 0 saturated carbocycles. The van der Waals surface area contributed by atoms with E-state index in [9.17, 15) is 22.0 Å². The molecular weight excluding hydrogens is 476 g/mol. The number of alkyl halides is 2. The highest BCUT2D eigenvalue weighted by atomic mass is 32.2. The van der Waals surface area contributed by atoms with Gasteiger partial charge in [-0.25, -0.2) is 21.9 Å². The molecule has 1 saturated heterocycles. The van der Waals surface area contributed by atoms with Crippen molar-refractivity contribution in [1.29, 1.82) is 0 Å². The van der Waals surface area contributed by atoms with E-state index in [0.717, 1.165) is 4.68 Å². The molecule has 2 heterocycles. The molecule has 1 aromatic heterocycles. The minimum Gasteiger partial charge on any atom is -0.377 e. The quantitative estimate of drug-likeness (QED) is 0.246. The highest BCUT2D eigenvalue weighted by Gasteiger charge is 2.26. The zero-order valence-corrected chi connectivity index (χ0v) is 20.2. The van der Waals surface area contributed by atoms with E-state index in [1.807, 2.05) is 0 Å². The van der Waals surface area contributed by atoms with Gasteiger partial charge in [0.15, 0.2) is 9.84 Å². The molecule has 1 amide bonds. The summed E-state index contributed by atoms with van der Waals surface area (Å²) in [5, 5.41) is 10.3. The lowest BCUT2D eigenvalue weighted by Gasteiger charge is -2.25. The molecule has 1 aromatic rings. The molecule has 14 heteroatoms. The number of aromatic nitrogens is 3. The summed E-state index contributed by atoms with van der Waals surface area (Å²) in [5.74, 6) is -0.179. The number of ether oxygens (including phenoxy) is 3. The van der Waals surface area contributed by atoms with Crippen LogP contribution in [0.15, 0.2) is 12.2 Å². The van der Waals surface area contributed by atoms with Crippen molar-refractivity contribution in [3.63, 3.8) is 0 Å². The van der Waals surface area contributed by atoms with Crippen molar-refractivity contribution in [2.75, 3.05) is 70.8 Å². The Kier molecular flexibility index (Phi) is 12.0. The first-order valence-electron chi connectivity index (χ1n) is 11.0. The van der Waals surface area contributed by atoms with Crippen molar-refractivity contribution >= 4 is 15.7 Å². The minimum atomic E-state index is -3.04. The maximum absolute atomic E-state index is 13.6. The van der Waals surface area contributed by atoms with E-state index in [0.29, 0.717) is 38.5 Å². The van der Waals surface area contributed by atoms with Crippen LogP contribution in [0.4, 0.5) is 8.78 Å². The average Bonchev–Trinajstić information content (AvgIpc) is 3.18. The van der Waals surface area contributed by atoms with Gasteiger partial charge in [0.25, 0.3) is 6.43 Å². The summed E-state index contributed by atoms with van der Waals surface area (Å²) in [4.78, 5) is 13.1. The lowest BCUT2D eigenvalue weighted by molar-refractivity contribution is -0.117. The fourth-order valence-electron chi connectivity index (χ4n) is 3.07. The number of carbonyl (C=O) groups excluding carboxylic acids is 1. The van der Waals surface area contributed by atoms with E-state index in [4.69, 9.17) is 14.2 Å². The molecule has 0 aromatic carbocycles. The first-order valence-corrected chi connectivity index (χ1v) is 12.8. The van der Waals surface area contributed by atoms with Crippen LogP contribution in [0.5, 0.6) is 0 Å². The van der Waals surface area contributed by atoms with Gasteiger partial charge in [-0.1, -0.05) is 11.8 Å². The van der Waals surface area contributed by atoms with E-state index in [1.54, 1.807) is 11.8 Å². The van der Waals surface area contributed by atoms with Gasteiger partial charge in [0.2, 0.25) is 5.91 Å². The number of nitrogens with zero attached hydrogens (tertiary/aromatic N) is 4. The van der Waals surface area contributed by atoms with Crippen LogP contribution in [0.2, 0.25) is 0 Å². The molecule has 0 aliphatic carbocycles. The Balaban J connectivity index is 1.58. The van der Waals surface area contributed by atoms with Crippen LogP contribution in [0.25, 0.3) is 0 Å². The molecule has 0 bridgehead atoms. The Bertz CT molecular complexity index is 882. The molecule has 0 spiro atoms. The first-order chi connectivity index (χ1) is 16.2. The molecule has 2 rings (SSSR count). The number of amides is 1. The molecule has 1 N–H and O–H groups in total. The number of carbonyl (C=O) groups is 1. The van der Waals surface area contributed by atoms with Gasteiger partial charge in [0.05, 0.1) is 57.7 Å². The maximum Gasteiger partial charge on any atom is 0.281 e. The van der Waals surface area contributed by atoms with Gasteiger partial charge in [0.1, 0.15) is 11.4 Å². The zero-order valence-electron chi connectivity index (χ0n) is 19.4. The summed E-state index contributed by atoms with van der Waals surface area (Å²) in [6, 6.07) is 0. The van der Waals surface area contributed by atoms with Crippen molar-refractivity contribution in [1.82, 2.24) is 25.2 Å². The van der Waals surface area contributed by atoms with Crippen molar-refractivity contribution < 1.29 is 36.2 Å². The predicted molar refractivity (Wildman–Crippen MR) is 119 cm³/mol. The van der Waals surface area contributed by atoms with Crippen LogP contribution in [0.1, 0.15) is 24.7 Å². The Morgan fingerprint density at radius 3 is 2.26 bits per heavy atom. The number of halogens is 2. The standard InChI is InChI=1S/C20H33F2N5O6S/c1-16(2)20(28)23-3-7-31-9-11-33-12-10-32-8-4-27-18(19(21)22)17(24-25-27)15-26-5-13-34(29,30)14-6-26/h19H,1,3-15H2,2H3,(H,23,28). The highest BCUT2D eigenvalue weighted by molar-refractivity contribution is 7.91. The van der Waals surface area contributed by atoms with E-state index >= 15 is 0 Å². The van der Waals surface area contributed by atoms with Gasteiger partial charge in [-0.15, -0.1) is 5.10 Å². The van der Waals surface area contributed by atoms with Crippen molar-refractivity contribution in [3.8, 4) is 0 Å². The largest absolute Gasteiger partial charge is 0.377 e. The second kappa shape index (κ2) is 14.4. The van der Waals surface area contributed by atoms with Crippen LogP contribution < -0.4 is 5.32 Å². The van der Waals surface area contributed by atoms with E-state index in [2.05, 4.69) is 22.2 Å². The lowest BCUT2D eigenvalue weighted by Crippen LogP contribution is -2.40. The van der Waals surface area contributed by atoms with E-state index in [-0.39, 0.29) is 68.2 Å². The molecule has 34 heavy (non-hydrogen) atoms. The molecule has 0 radical (unpaired) electrons. The second-order valence-corrected chi connectivity index (χ2v) is 10.1. The highest BCUT2D eigenvalue weighted by Crippen LogP contribution is 2.23. The van der Waals surface area contributed by atoms with Crippen molar-refractivity contribution in [2.45, 2.75) is 26.4 Å². The number of nitrogens with one attached hydrogen (secondary N) is 1. The molecular formula is C20H33F2N5O6S. The van der Waals surface area contributed by atoms with E-state index in [1.165, 1.54) is 0 Å². The number of rotatable bonds is 16. The summed E-state index contributed by atoms with van der Waals surface area (Å²) in [7, 11) is -3.04. The van der Waals surface area contributed by atoms with Crippen LogP contribution in [0.3, 0.4) is 0 Å². The minimum absolute atomic E-state index is 0.0147. The summed E-state index contributed by atoms with van der Waals surface area (Å²) < 4.78 is 67.5. The van der Waals surface area contributed by atoms with Gasteiger partial charge in [-0.05, 0) is 6.92 Å². The first kappa shape index (κ1) is 28.2. The van der Waals surface area contributed by atoms with Crippen LogP contribution in [-0.4, -0.2) is 105 Å². The Morgan fingerprint density at radius 1 is 1.09 bits per heavy atom. The third-order valence-electron chi connectivity index (χ3n) is 4.98. The number of hydrogen-bond acceptors (Lipinski definition) is 9. The Morgan fingerprint density at radius 2 is 1.68 bits per heavy atom. The van der Waals surface area contributed by atoms with Gasteiger partial charge < -0.3 is 19.5 Å². The second-order valence-electron chi connectivity index (χ2n) is 7.75. The molecule has 1 fully saturated rings. The van der Waals surface area contributed by atoms with Gasteiger partial charge >= 0.3 is 0 Å². The van der Waals surface area contributed by atoms with Gasteiger partial charge in [-0.3, -0.25) is 9.69 Å². The van der Waals surface area contributed by atoms with Crippen molar-refractivity contribution in [2.24, 2.45) is 0 Å². The Hall–Kier alpha value is -2.00. The average molecular weight is 510 g/mol. The van der Waals surface area contributed by atoms with Crippen molar-refractivity contribution in [3.05, 3.63) is 23.5 Å².